The number of amides is 1. The van der Waals surface area contributed by atoms with Crippen LogP contribution in [0.25, 0.3) is 0 Å². The van der Waals surface area contributed by atoms with E-state index in [0.29, 0.717) is 17.8 Å². The molecule has 0 fully saturated rings. The Morgan fingerprint density at radius 1 is 1.00 bits per heavy atom. The van der Waals surface area contributed by atoms with Gasteiger partial charge in [-0.05, 0) is 55.2 Å². The lowest BCUT2D eigenvalue weighted by Gasteiger charge is -2.23. The Balaban J connectivity index is 2.37. The number of rotatable bonds is 5. The summed E-state index contributed by atoms with van der Waals surface area (Å²) in [6.45, 7) is 19.9. The first kappa shape index (κ1) is 20.7. The van der Waals surface area contributed by atoms with E-state index in [1.807, 2.05) is 0 Å². The summed E-state index contributed by atoms with van der Waals surface area (Å²) in [4.78, 5) is 16.8. The second kappa shape index (κ2) is 7.95. The van der Waals surface area contributed by atoms with Crippen molar-refractivity contribution in [2.75, 3.05) is 0 Å². The smallest absolute Gasteiger partial charge is 0.244 e. The molecular formula is C23H35NOSi. The fourth-order valence-electron chi connectivity index (χ4n) is 4.25. The van der Waals surface area contributed by atoms with Crippen molar-refractivity contribution in [2.24, 2.45) is 5.92 Å². The van der Waals surface area contributed by atoms with E-state index in [2.05, 4.69) is 85.1 Å². The molecule has 0 radical (unpaired) electrons. The van der Waals surface area contributed by atoms with Crippen molar-refractivity contribution in [3.63, 3.8) is 0 Å². The predicted octanol–water partition coefficient (Wildman–Crippen LogP) is 5.86. The van der Waals surface area contributed by atoms with Crippen molar-refractivity contribution >= 4 is 14.9 Å². The Hall–Kier alpha value is -1.61. The minimum atomic E-state index is -1.54. The Bertz CT molecular complexity index is 744. The normalized spacial score (nSPS) is 19.0. The molecule has 1 amide bonds. The average Bonchev–Trinajstić information content (AvgIpc) is 2.77. The summed E-state index contributed by atoms with van der Waals surface area (Å²) in [6, 6.07) is 6.30. The van der Waals surface area contributed by atoms with Crippen LogP contribution in [0.2, 0.25) is 6.55 Å². The van der Waals surface area contributed by atoms with Gasteiger partial charge in [0.2, 0.25) is 5.91 Å². The van der Waals surface area contributed by atoms with Crippen LogP contribution in [0.1, 0.15) is 88.7 Å². The van der Waals surface area contributed by atoms with Crippen LogP contribution in [0.5, 0.6) is 0 Å². The number of hydrogen-bond acceptors (Lipinski definition) is 1. The quantitative estimate of drug-likeness (QED) is 0.647. The first-order valence-corrected chi connectivity index (χ1v) is 12.2. The fraction of sp³-hybridized carbons (Fsp3) is 0.522. The van der Waals surface area contributed by atoms with Gasteiger partial charge in [-0.1, -0.05) is 75.7 Å². The Labute approximate surface area is 161 Å². The molecule has 1 aromatic carbocycles. The first-order valence-electron chi connectivity index (χ1n) is 9.89. The van der Waals surface area contributed by atoms with Crippen molar-refractivity contribution in [1.82, 2.24) is 4.98 Å². The molecule has 0 aliphatic heterocycles. The van der Waals surface area contributed by atoms with Gasteiger partial charge in [0.05, 0.1) is 0 Å². The molecule has 1 aliphatic rings. The summed E-state index contributed by atoms with van der Waals surface area (Å²) in [7, 11) is -1.54. The third-order valence-electron chi connectivity index (χ3n) is 6.12. The average molecular weight is 370 g/mol. The molecule has 2 rings (SSSR count). The fourth-order valence-corrected chi connectivity index (χ4v) is 6.81. The maximum atomic E-state index is 13.3. The third kappa shape index (κ3) is 3.73. The van der Waals surface area contributed by atoms with Crippen LogP contribution in [0, 0.1) is 5.92 Å². The molecule has 2 atom stereocenters. The molecule has 0 heterocycles. The SMILES string of the molecule is CC1=C(C)C(C)C([SiH](C)NC(=O)c2c(C(C)C)cccc2C(C)C)=C1C. The monoisotopic (exact) mass is 369 g/mol. The van der Waals surface area contributed by atoms with Crippen LogP contribution >= 0.6 is 0 Å². The summed E-state index contributed by atoms with van der Waals surface area (Å²) in [5.74, 6) is 1.25. The van der Waals surface area contributed by atoms with Gasteiger partial charge in [0.25, 0.3) is 0 Å². The highest BCUT2D eigenvalue weighted by Crippen LogP contribution is 2.37. The lowest BCUT2D eigenvalue weighted by Crippen LogP contribution is -2.40. The molecule has 2 unspecified atom stereocenters. The second-order valence-electron chi connectivity index (χ2n) is 8.43. The molecule has 3 heteroatoms. The van der Waals surface area contributed by atoms with Crippen molar-refractivity contribution in [3.8, 4) is 0 Å². The zero-order chi connectivity index (χ0) is 19.8. The van der Waals surface area contributed by atoms with E-state index in [1.165, 1.54) is 21.9 Å². The van der Waals surface area contributed by atoms with Gasteiger partial charge in [0.15, 0.2) is 8.96 Å². The molecule has 26 heavy (non-hydrogen) atoms. The predicted molar refractivity (Wildman–Crippen MR) is 115 cm³/mol. The molecule has 1 aliphatic carbocycles. The van der Waals surface area contributed by atoms with E-state index < -0.39 is 8.96 Å². The van der Waals surface area contributed by atoms with E-state index in [1.54, 1.807) is 0 Å². The van der Waals surface area contributed by atoms with Gasteiger partial charge in [-0.25, -0.2) is 0 Å². The van der Waals surface area contributed by atoms with E-state index >= 15 is 0 Å². The third-order valence-corrected chi connectivity index (χ3v) is 8.68. The Morgan fingerprint density at radius 2 is 1.50 bits per heavy atom. The summed E-state index contributed by atoms with van der Waals surface area (Å²) in [6.07, 6.45) is 0. The van der Waals surface area contributed by atoms with Gasteiger partial charge in [0, 0.05) is 5.56 Å². The summed E-state index contributed by atoms with van der Waals surface area (Å²) < 4.78 is 0. The number of carbonyl (C=O) groups is 1. The molecule has 1 N–H and O–H groups in total. The number of allylic oxidation sites excluding steroid dienone is 4. The minimum Gasteiger partial charge on any atom is -0.377 e. The van der Waals surface area contributed by atoms with Crippen molar-refractivity contribution in [3.05, 3.63) is 56.8 Å². The maximum absolute atomic E-state index is 13.3. The van der Waals surface area contributed by atoms with E-state index in [4.69, 9.17) is 0 Å². The van der Waals surface area contributed by atoms with Crippen LogP contribution < -0.4 is 4.98 Å². The van der Waals surface area contributed by atoms with Gasteiger partial charge in [-0.15, -0.1) is 0 Å². The Morgan fingerprint density at radius 3 is 1.88 bits per heavy atom. The zero-order valence-corrected chi connectivity index (χ0v) is 19.1. The van der Waals surface area contributed by atoms with E-state index in [9.17, 15) is 4.79 Å². The van der Waals surface area contributed by atoms with Crippen LogP contribution in [0.4, 0.5) is 0 Å². The van der Waals surface area contributed by atoms with Crippen molar-refractivity contribution in [1.29, 1.82) is 0 Å². The summed E-state index contributed by atoms with van der Waals surface area (Å²) in [5.41, 5.74) is 7.48. The maximum Gasteiger partial charge on any atom is 0.244 e. The first-order chi connectivity index (χ1) is 12.1. The molecule has 1 aromatic rings. The van der Waals surface area contributed by atoms with Gasteiger partial charge < -0.3 is 4.98 Å². The number of benzene rings is 1. The van der Waals surface area contributed by atoms with E-state index in [0.717, 1.165) is 16.7 Å². The molecule has 0 aromatic heterocycles. The van der Waals surface area contributed by atoms with Crippen molar-refractivity contribution < 1.29 is 4.79 Å². The zero-order valence-electron chi connectivity index (χ0n) is 17.9. The lowest BCUT2D eigenvalue weighted by atomic mass is 9.88. The number of nitrogens with one attached hydrogen (secondary N) is 1. The molecule has 2 nitrogen and oxygen atoms in total. The van der Waals surface area contributed by atoms with Crippen LogP contribution in [-0.2, 0) is 0 Å². The van der Waals surface area contributed by atoms with Crippen LogP contribution in [0.15, 0.2) is 40.1 Å². The molecule has 142 valence electrons. The molecular weight excluding hydrogens is 334 g/mol. The summed E-state index contributed by atoms with van der Waals surface area (Å²) in [5, 5.41) is 1.49. The second-order valence-corrected chi connectivity index (χ2v) is 10.8. The van der Waals surface area contributed by atoms with Gasteiger partial charge in [-0.2, -0.15) is 0 Å². The molecule has 0 spiro atoms. The summed E-state index contributed by atoms with van der Waals surface area (Å²) >= 11 is 0. The van der Waals surface area contributed by atoms with Crippen LogP contribution in [0.3, 0.4) is 0 Å². The minimum absolute atomic E-state index is 0.117. The standard InChI is InChI=1S/C23H35NOSi/c1-13(2)19-11-10-12-20(14(3)4)21(19)23(25)24-26(9)22-17(7)15(5)16(6)18(22)8/h10-14,17,26H,1-9H3,(H,24,25). The molecule has 0 saturated heterocycles. The van der Waals surface area contributed by atoms with Crippen molar-refractivity contribution in [2.45, 2.75) is 73.8 Å². The van der Waals surface area contributed by atoms with Gasteiger partial charge in [-0.3, -0.25) is 4.79 Å². The molecule has 0 bridgehead atoms. The topological polar surface area (TPSA) is 29.1 Å². The van der Waals surface area contributed by atoms with Gasteiger partial charge >= 0.3 is 0 Å². The highest BCUT2D eigenvalue weighted by Gasteiger charge is 2.30. The number of hydrogen-bond donors (Lipinski definition) is 1. The highest BCUT2D eigenvalue weighted by atomic mass is 28.3. The highest BCUT2D eigenvalue weighted by molar-refractivity contribution is 6.66. The van der Waals surface area contributed by atoms with E-state index in [-0.39, 0.29) is 5.91 Å². The van der Waals surface area contributed by atoms with Crippen LogP contribution in [-0.4, -0.2) is 14.9 Å². The largest absolute Gasteiger partial charge is 0.377 e. The Kier molecular flexibility index (Phi) is 6.33. The lowest BCUT2D eigenvalue weighted by molar-refractivity contribution is 0.0977. The number of carbonyl (C=O) groups excluding carboxylic acids is 1. The van der Waals surface area contributed by atoms with Gasteiger partial charge in [0.1, 0.15) is 0 Å². The molecule has 0 saturated carbocycles.